The van der Waals surface area contributed by atoms with Gasteiger partial charge >= 0.3 is 0 Å². The van der Waals surface area contributed by atoms with Crippen LogP contribution in [0.15, 0.2) is 77.9 Å². The average Bonchev–Trinajstić information content (AvgIpc) is 2.73. The number of ether oxygens (including phenoxy) is 1. The number of para-hydroxylation sites is 1. The van der Waals surface area contributed by atoms with E-state index in [0.29, 0.717) is 17.9 Å². The first-order valence-electron chi connectivity index (χ1n) is 8.89. The minimum absolute atomic E-state index is 0.110. The van der Waals surface area contributed by atoms with E-state index in [4.69, 9.17) is 4.74 Å². The Kier molecular flexibility index (Phi) is 6.32. The third-order valence-electron chi connectivity index (χ3n) is 4.27. The number of nitrogens with zero attached hydrogens (tertiary/aromatic N) is 2. The van der Waals surface area contributed by atoms with Crippen molar-refractivity contribution < 1.29 is 14.5 Å². The van der Waals surface area contributed by atoms with E-state index in [2.05, 4.69) is 10.5 Å². The molecule has 0 aliphatic rings. The van der Waals surface area contributed by atoms with Gasteiger partial charge in [0.25, 0.3) is 11.6 Å². The summed E-state index contributed by atoms with van der Waals surface area (Å²) in [5, 5.41) is 15.0. The molecule has 3 rings (SSSR count). The van der Waals surface area contributed by atoms with Crippen LogP contribution in [0, 0.1) is 17.0 Å². The van der Waals surface area contributed by atoms with Crippen LogP contribution in [0.1, 0.15) is 27.0 Å². The van der Waals surface area contributed by atoms with Crippen molar-refractivity contribution in [2.45, 2.75) is 13.5 Å². The third kappa shape index (κ3) is 5.04. The van der Waals surface area contributed by atoms with E-state index >= 15 is 0 Å². The Morgan fingerprint density at radius 2 is 1.79 bits per heavy atom. The number of benzene rings is 3. The number of hydrazone groups is 1. The molecular weight excluding hydrogens is 370 g/mol. The Morgan fingerprint density at radius 3 is 2.55 bits per heavy atom. The van der Waals surface area contributed by atoms with Gasteiger partial charge in [-0.15, -0.1) is 0 Å². The van der Waals surface area contributed by atoms with Crippen LogP contribution in [0.25, 0.3) is 0 Å². The van der Waals surface area contributed by atoms with Crippen molar-refractivity contribution in [2.24, 2.45) is 5.10 Å². The number of nitrogens with one attached hydrogen (secondary N) is 1. The van der Waals surface area contributed by atoms with E-state index in [9.17, 15) is 14.9 Å². The molecule has 7 heteroatoms. The zero-order chi connectivity index (χ0) is 20.6. The summed E-state index contributed by atoms with van der Waals surface area (Å²) in [5.41, 5.74) is 4.52. The number of rotatable bonds is 7. The predicted molar refractivity (Wildman–Crippen MR) is 110 cm³/mol. The predicted octanol–water partition coefficient (Wildman–Crippen LogP) is 4.25. The van der Waals surface area contributed by atoms with Gasteiger partial charge in [0.15, 0.2) is 0 Å². The Balaban J connectivity index is 1.69. The van der Waals surface area contributed by atoms with Crippen molar-refractivity contribution in [3.63, 3.8) is 0 Å². The molecule has 0 aliphatic heterocycles. The Labute approximate surface area is 167 Å². The van der Waals surface area contributed by atoms with Crippen LogP contribution >= 0.6 is 0 Å². The highest BCUT2D eigenvalue weighted by Crippen LogP contribution is 2.21. The zero-order valence-corrected chi connectivity index (χ0v) is 15.7. The second kappa shape index (κ2) is 9.27. The summed E-state index contributed by atoms with van der Waals surface area (Å²) in [6, 6.07) is 21.4. The first-order valence-corrected chi connectivity index (χ1v) is 8.89. The molecule has 1 N–H and O–H groups in total. The van der Waals surface area contributed by atoms with Crippen molar-refractivity contribution in [3.8, 4) is 5.75 Å². The average molecular weight is 389 g/mol. The molecule has 0 saturated carbocycles. The maximum Gasteiger partial charge on any atom is 0.273 e. The van der Waals surface area contributed by atoms with Gasteiger partial charge in [-0.3, -0.25) is 14.9 Å². The van der Waals surface area contributed by atoms with Crippen molar-refractivity contribution in [1.82, 2.24) is 5.43 Å². The highest BCUT2D eigenvalue weighted by molar-refractivity contribution is 5.97. The molecule has 146 valence electrons. The van der Waals surface area contributed by atoms with E-state index in [1.807, 2.05) is 54.6 Å². The molecule has 3 aromatic carbocycles. The summed E-state index contributed by atoms with van der Waals surface area (Å²) in [6.07, 6.45) is 1.48. The van der Waals surface area contributed by atoms with Gasteiger partial charge in [0.2, 0.25) is 0 Å². The molecule has 1 amide bonds. The zero-order valence-electron chi connectivity index (χ0n) is 15.7. The van der Waals surface area contributed by atoms with Crippen LogP contribution in [0.3, 0.4) is 0 Å². The fourth-order valence-electron chi connectivity index (χ4n) is 2.74. The van der Waals surface area contributed by atoms with Crippen LogP contribution in [0.5, 0.6) is 5.75 Å². The molecule has 0 atom stereocenters. The van der Waals surface area contributed by atoms with E-state index in [-0.39, 0.29) is 16.8 Å². The lowest BCUT2D eigenvalue weighted by atomic mass is 10.1. The van der Waals surface area contributed by atoms with Gasteiger partial charge in [-0.05, 0) is 30.7 Å². The standard InChI is InChI=1S/C22H19N3O4/c1-16-19(11-7-12-20(16)25(27)28)22(26)24-23-14-18-10-5-6-13-21(18)29-15-17-8-3-2-4-9-17/h2-14H,15H2,1H3,(H,24,26)/b23-14-. The first-order chi connectivity index (χ1) is 14.1. The smallest absolute Gasteiger partial charge is 0.273 e. The summed E-state index contributed by atoms with van der Waals surface area (Å²) < 4.78 is 5.85. The third-order valence-corrected chi connectivity index (χ3v) is 4.27. The first kappa shape index (κ1) is 19.8. The second-order valence-corrected chi connectivity index (χ2v) is 6.22. The summed E-state index contributed by atoms with van der Waals surface area (Å²) in [7, 11) is 0. The highest BCUT2D eigenvalue weighted by Gasteiger charge is 2.17. The van der Waals surface area contributed by atoms with Crippen molar-refractivity contribution in [2.75, 3.05) is 0 Å². The maximum atomic E-state index is 12.3. The van der Waals surface area contributed by atoms with Crippen LogP contribution in [0.2, 0.25) is 0 Å². The Bertz CT molecular complexity index is 1050. The Hall–Kier alpha value is -4.00. The summed E-state index contributed by atoms with van der Waals surface area (Å²) in [6.45, 7) is 1.94. The van der Waals surface area contributed by atoms with Crippen LogP contribution in [-0.4, -0.2) is 17.0 Å². The molecule has 0 fully saturated rings. The molecule has 0 bridgehead atoms. The summed E-state index contributed by atoms with van der Waals surface area (Å²) in [5.74, 6) is 0.103. The highest BCUT2D eigenvalue weighted by atomic mass is 16.6. The number of nitro benzene ring substituents is 1. The van der Waals surface area contributed by atoms with Gasteiger partial charge in [0, 0.05) is 17.2 Å². The van der Waals surface area contributed by atoms with Crippen molar-refractivity contribution in [1.29, 1.82) is 0 Å². The number of nitro groups is 1. The van der Waals surface area contributed by atoms with E-state index in [1.54, 1.807) is 0 Å². The van der Waals surface area contributed by atoms with Gasteiger partial charge in [0.1, 0.15) is 12.4 Å². The van der Waals surface area contributed by atoms with Gasteiger partial charge in [-0.1, -0.05) is 48.5 Å². The molecule has 0 aromatic heterocycles. The topological polar surface area (TPSA) is 93.8 Å². The molecule has 0 aliphatic carbocycles. The van der Waals surface area contributed by atoms with Crippen LogP contribution in [-0.2, 0) is 6.61 Å². The molecule has 3 aromatic rings. The van der Waals surface area contributed by atoms with Gasteiger partial charge < -0.3 is 4.74 Å². The van der Waals surface area contributed by atoms with Crippen molar-refractivity contribution in [3.05, 3.63) is 105 Å². The van der Waals surface area contributed by atoms with Gasteiger partial charge in [0.05, 0.1) is 16.7 Å². The second-order valence-electron chi connectivity index (χ2n) is 6.22. The molecular formula is C22H19N3O4. The van der Waals surface area contributed by atoms with E-state index in [0.717, 1.165) is 5.56 Å². The van der Waals surface area contributed by atoms with E-state index in [1.165, 1.54) is 31.3 Å². The lowest BCUT2D eigenvalue weighted by Gasteiger charge is -2.09. The monoisotopic (exact) mass is 389 g/mol. The molecule has 7 nitrogen and oxygen atoms in total. The fourth-order valence-corrected chi connectivity index (χ4v) is 2.74. The molecule has 0 radical (unpaired) electrons. The maximum absolute atomic E-state index is 12.3. The largest absolute Gasteiger partial charge is 0.488 e. The van der Waals surface area contributed by atoms with Crippen LogP contribution < -0.4 is 10.2 Å². The minimum atomic E-state index is -0.523. The SMILES string of the molecule is Cc1c(C(=O)N/N=C\c2ccccc2OCc2ccccc2)cccc1[N+](=O)[O-]. The molecule has 29 heavy (non-hydrogen) atoms. The minimum Gasteiger partial charge on any atom is -0.488 e. The number of hydrogen-bond donors (Lipinski definition) is 1. The number of hydrogen-bond acceptors (Lipinski definition) is 5. The van der Waals surface area contributed by atoms with Gasteiger partial charge in [-0.25, -0.2) is 5.43 Å². The fraction of sp³-hybridized carbons (Fsp3) is 0.0909. The van der Waals surface area contributed by atoms with Crippen LogP contribution in [0.4, 0.5) is 5.69 Å². The summed E-state index contributed by atoms with van der Waals surface area (Å²) >= 11 is 0. The van der Waals surface area contributed by atoms with E-state index < -0.39 is 10.8 Å². The molecule has 0 saturated heterocycles. The number of amides is 1. The normalized spacial score (nSPS) is 10.7. The number of carbonyl (C=O) groups is 1. The Morgan fingerprint density at radius 1 is 1.07 bits per heavy atom. The van der Waals surface area contributed by atoms with Crippen molar-refractivity contribution >= 4 is 17.8 Å². The molecule has 0 heterocycles. The lowest BCUT2D eigenvalue weighted by molar-refractivity contribution is -0.385. The molecule has 0 spiro atoms. The van der Waals surface area contributed by atoms with Gasteiger partial charge in [-0.2, -0.15) is 5.10 Å². The summed E-state index contributed by atoms with van der Waals surface area (Å²) in [4.78, 5) is 22.9. The molecule has 0 unspecified atom stereocenters. The number of carbonyl (C=O) groups excluding carboxylic acids is 1. The lowest BCUT2D eigenvalue weighted by Crippen LogP contribution is -2.19. The quantitative estimate of drug-likeness (QED) is 0.371.